The van der Waals surface area contributed by atoms with Gasteiger partial charge in [-0.1, -0.05) is 461 Å². The van der Waals surface area contributed by atoms with Crippen LogP contribution in [0.2, 0.25) is 0 Å². The fourth-order valence-corrected chi connectivity index (χ4v) is 17.2. The second-order valence-corrected chi connectivity index (χ2v) is 30.2. The van der Waals surface area contributed by atoms with Crippen molar-refractivity contribution in [3.05, 3.63) is 518 Å². The molecule has 0 saturated heterocycles. The third kappa shape index (κ3) is 15.0. The maximum Gasteiger partial charge on any atom is 0.165 e. The molecule has 0 spiro atoms. The van der Waals surface area contributed by atoms with Gasteiger partial charge in [0.2, 0.25) is 0 Å². The van der Waals surface area contributed by atoms with Crippen LogP contribution in [0.5, 0.6) is 0 Å². The molecule has 6 heteroatoms. The molecule has 0 N–H and O–H groups in total. The summed E-state index contributed by atoms with van der Waals surface area (Å²) in [5, 5.41) is 9.22. The molecule has 0 aliphatic rings. The maximum absolute atomic E-state index is 5.22. The average Bonchev–Trinajstić information content (AvgIpc) is 0.735. The van der Waals surface area contributed by atoms with Gasteiger partial charge in [-0.05, 0) is 155 Å². The van der Waals surface area contributed by atoms with Crippen LogP contribution in [-0.4, -0.2) is 29.9 Å². The number of rotatable bonds is 17. The predicted molar refractivity (Wildman–Crippen MR) is 507 cm³/mol. The van der Waals surface area contributed by atoms with Gasteiger partial charge < -0.3 is 0 Å². The smallest absolute Gasteiger partial charge is 0.165 e. The first kappa shape index (κ1) is 74.5. The van der Waals surface area contributed by atoms with Crippen molar-refractivity contribution in [2.24, 2.45) is 0 Å². The van der Waals surface area contributed by atoms with Crippen LogP contribution in [0.1, 0.15) is 44.5 Å². The lowest BCUT2D eigenvalue weighted by Crippen LogP contribution is -2.01. The van der Waals surface area contributed by atoms with E-state index in [0.29, 0.717) is 34.9 Å². The lowest BCUT2D eigenvalue weighted by molar-refractivity contribution is 1.07. The number of hydrogen-bond donors (Lipinski definition) is 0. The largest absolute Gasteiger partial charge is 0.208 e. The Bertz CT molecular complexity index is 7090. The standard InChI is InChI=1S/C61H41N3.C55H37N3/c1-6-21-42(22-7-1)55(43-23-8-2-9-24-43)56(44-25-10-3-11-26-44)49-31-20-32-50(41-49)58-53-35-18-16-33-51(53)57(52-34-17-19-36-54(52)58)45-37-39-48(40-38-45)61-63-59(46-27-12-4-13-28-46)62-60(64-61)47-29-14-5-15-30-47;1-6-21-38(22-7-1)49(39-23-8-2-9-24-39)50(40-25-10-3-11-26-40)43-31-20-32-44(37-43)51-45-33-16-18-35-47(45)52(48-36-19-17-34-46(48)51)55-57-53(41-27-12-4-13-28-41)56-54(58-55)42-29-14-5-15-30-42/h1-41H;1-37H. The van der Waals surface area contributed by atoms with Gasteiger partial charge in [0.15, 0.2) is 34.9 Å². The first-order valence-corrected chi connectivity index (χ1v) is 41.3. The highest BCUT2D eigenvalue weighted by Gasteiger charge is 2.26. The zero-order valence-corrected chi connectivity index (χ0v) is 66.7. The summed E-state index contributed by atoms with van der Waals surface area (Å²) < 4.78 is 0. The summed E-state index contributed by atoms with van der Waals surface area (Å²) in [6, 6.07) is 167. The topological polar surface area (TPSA) is 77.3 Å². The Morgan fingerprint density at radius 2 is 0.279 bits per heavy atom. The minimum absolute atomic E-state index is 0.635. The van der Waals surface area contributed by atoms with Crippen LogP contribution in [0, 0.1) is 0 Å². The molecule has 0 aliphatic heterocycles. The van der Waals surface area contributed by atoms with E-state index in [-0.39, 0.29) is 0 Å². The van der Waals surface area contributed by atoms with Crippen LogP contribution in [0.15, 0.2) is 473 Å². The SMILES string of the molecule is c1ccc(C(=C(c2ccccc2)c2cccc(-c3c4ccccc4c(-c4ccc(-c5nc(-c6ccccc6)nc(-c6ccccc6)n5)cc4)c4ccccc34)c2)c2ccccc2)cc1.c1ccc(C(=C(c2ccccc2)c2cccc(-c3c4ccccc4c(-c4nc(-c5ccccc5)nc(-c5ccccc5)n4)c4ccccc34)c2)c2ccccc2)cc1. The molecule has 2 aromatic heterocycles. The summed E-state index contributed by atoms with van der Waals surface area (Å²) >= 11 is 0. The Morgan fingerprint density at radius 3 is 0.525 bits per heavy atom. The number of fused-ring (bicyclic) bond motifs is 4. The Hall–Kier alpha value is -16.3. The van der Waals surface area contributed by atoms with Crippen molar-refractivity contribution in [3.8, 4) is 102 Å². The minimum Gasteiger partial charge on any atom is -0.208 e. The third-order valence-corrected chi connectivity index (χ3v) is 22.7. The maximum atomic E-state index is 5.22. The van der Waals surface area contributed by atoms with Crippen LogP contribution in [0.4, 0.5) is 0 Å². The zero-order valence-electron chi connectivity index (χ0n) is 66.7. The highest BCUT2D eigenvalue weighted by molar-refractivity contribution is 6.23. The summed E-state index contributed by atoms with van der Waals surface area (Å²) in [6.07, 6.45) is 0. The first-order chi connectivity index (χ1) is 60.6. The van der Waals surface area contributed by atoms with E-state index in [1.807, 2.05) is 97.1 Å². The summed E-state index contributed by atoms with van der Waals surface area (Å²) in [4.78, 5) is 30.4. The van der Waals surface area contributed by atoms with E-state index in [1.54, 1.807) is 0 Å². The zero-order chi connectivity index (χ0) is 81.3. The predicted octanol–water partition coefficient (Wildman–Crippen LogP) is 29.4. The molecule has 21 aromatic rings. The number of aromatic nitrogens is 6. The fourth-order valence-electron chi connectivity index (χ4n) is 17.2. The van der Waals surface area contributed by atoms with Crippen LogP contribution >= 0.6 is 0 Å². The third-order valence-electron chi connectivity index (χ3n) is 22.7. The van der Waals surface area contributed by atoms with Crippen molar-refractivity contribution in [1.82, 2.24) is 29.9 Å². The molecule has 0 fully saturated rings. The molecule has 6 nitrogen and oxygen atoms in total. The number of nitrogens with zero attached hydrogens (tertiary/aromatic N) is 6. The molecule has 0 aliphatic carbocycles. The molecular formula is C116H78N6. The molecule has 2 heterocycles. The summed E-state index contributed by atoms with van der Waals surface area (Å²) in [6.45, 7) is 0. The molecule has 21 rings (SSSR count). The molecule has 19 aromatic carbocycles. The molecule has 572 valence electrons. The average molecular weight is 1560 g/mol. The Kier molecular flexibility index (Phi) is 20.8. The van der Waals surface area contributed by atoms with Crippen molar-refractivity contribution < 1.29 is 0 Å². The van der Waals surface area contributed by atoms with Gasteiger partial charge in [0, 0.05) is 33.4 Å². The van der Waals surface area contributed by atoms with Crippen LogP contribution < -0.4 is 0 Å². The van der Waals surface area contributed by atoms with E-state index in [9.17, 15) is 0 Å². The lowest BCUT2D eigenvalue weighted by atomic mass is 9.83. The van der Waals surface area contributed by atoms with E-state index < -0.39 is 0 Å². The minimum atomic E-state index is 0.635. The molecule has 0 unspecified atom stereocenters. The molecule has 0 saturated carbocycles. The second-order valence-electron chi connectivity index (χ2n) is 30.2. The summed E-state index contributed by atoms with van der Waals surface area (Å²) in [7, 11) is 0. The van der Waals surface area contributed by atoms with Gasteiger partial charge in [-0.2, -0.15) is 0 Å². The Morgan fingerprint density at radius 1 is 0.115 bits per heavy atom. The number of hydrogen-bond acceptors (Lipinski definition) is 6. The van der Waals surface area contributed by atoms with E-state index in [1.165, 1.54) is 93.9 Å². The quantitative estimate of drug-likeness (QED) is 0.0668. The van der Waals surface area contributed by atoms with Crippen molar-refractivity contribution in [2.45, 2.75) is 0 Å². The van der Waals surface area contributed by atoms with Gasteiger partial charge in [0.05, 0.1) is 0 Å². The number of benzene rings is 19. The van der Waals surface area contributed by atoms with Gasteiger partial charge in [-0.15, -0.1) is 0 Å². The first-order valence-electron chi connectivity index (χ1n) is 41.3. The highest BCUT2D eigenvalue weighted by atomic mass is 15.0. The normalized spacial score (nSPS) is 11.1. The van der Waals surface area contributed by atoms with E-state index in [4.69, 9.17) is 29.9 Å². The molecule has 0 bridgehead atoms. The monoisotopic (exact) mass is 1550 g/mol. The molecular weight excluding hydrogens is 1480 g/mol. The van der Waals surface area contributed by atoms with Crippen LogP contribution in [-0.2, 0) is 0 Å². The molecule has 122 heavy (non-hydrogen) atoms. The van der Waals surface area contributed by atoms with Crippen LogP contribution in [0.3, 0.4) is 0 Å². The van der Waals surface area contributed by atoms with E-state index >= 15 is 0 Å². The van der Waals surface area contributed by atoms with Gasteiger partial charge in [-0.25, -0.2) is 29.9 Å². The fraction of sp³-hybridized carbons (Fsp3) is 0. The van der Waals surface area contributed by atoms with Crippen molar-refractivity contribution in [1.29, 1.82) is 0 Å². The van der Waals surface area contributed by atoms with Gasteiger partial charge in [0.1, 0.15) is 0 Å². The van der Waals surface area contributed by atoms with Gasteiger partial charge >= 0.3 is 0 Å². The second kappa shape index (κ2) is 34.1. The molecule has 0 amide bonds. The van der Waals surface area contributed by atoms with Crippen molar-refractivity contribution in [3.63, 3.8) is 0 Å². The summed E-state index contributed by atoms with van der Waals surface area (Å²) in [5.41, 5.74) is 26.8. The highest BCUT2D eigenvalue weighted by Crippen LogP contribution is 2.49. The lowest BCUT2D eigenvalue weighted by Gasteiger charge is -2.20. The Labute approximate surface area is 709 Å². The molecule has 0 radical (unpaired) electrons. The Balaban J connectivity index is 0.000000156. The van der Waals surface area contributed by atoms with Crippen molar-refractivity contribution >= 4 is 65.4 Å². The van der Waals surface area contributed by atoms with E-state index in [0.717, 1.165) is 82.7 Å². The van der Waals surface area contributed by atoms with Crippen molar-refractivity contribution in [2.75, 3.05) is 0 Å². The van der Waals surface area contributed by atoms with Gasteiger partial charge in [0.25, 0.3) is 0 Å². The molecule has 0 atom stereocenters. The van der Waals surface area contributed by atoms with E-state index in [2.05, 4.69) is 376 Å². The van der Waals surface area contributed by atoms with Crippen LogP contribution in [0.25, 0.3) is 167 Å². The summed E-state index contributed by atoms with van der Waals surface area (Å²) in [5.74, 6) is 3.85. The van der Waals surface area contributed by atoms with Gasteiger partial charge in [-0.3, -0.25) is 0 Å².